The van der Waals surface area contributed by atoms with Crippen LogP contribution in [-0.4, -0.2) is 41.8 Å². The third-order valence-electron chi connectivity index (χ3n) is 5.89. The van der Waals surface area contributed by atoms with Gasteiger partial charge < -0.3 is 14.4 Å². The van der Waals surface area contributed by atoms with Crippen LogP contribution in [0, 0.1) is 0 Å². The van der Waals surface area contributed by atoms with E-state index in [-0.39, 0.29) is 5.91 Å². The van der Waals surface area contributed by atoms with Crippen LogP contribution in [0.25, 0.3) is 0 Å². The van der Waals surface area contributed by atoms with Crippen LogP contribution in [0.3, 0.4) is 0 Å². The maximum absolute atomic E-state index is 13.6. The van der Waals surface area contributed by atoms with Gasteiger partial charge in [0.1, 0.15) is 0 Å². The number of ether oxygens (including phenoxy) is 2. The predicted molar refractivity (Wildman–Crippen MR) is 97.4 cm³/mol. The van der Waals surface area contributed by atoms with Gasteiger partial charge in [0, 0.05) is 30.8 Å². The maximum Gasteiger partial charge on any atom is 0.233 e. The molecule has 1 aromatic carbocycles. The molecular formula is C20H25N3O3. The van der Waals surface area contributed by atoms with Gasteiger partial charge in [0.2, 0.25) is 5.91 Å². The quantitative estimate of drug-likeness (QED) is 0.916. The van der Waals surface area contributed by atoms with Gasteiger partial charge in [-0.15, -0.1) is 0 Å². The number of aromatic nitrogens is 2. The van der Waals surface area contributed by atoms with Crippen LogP contribution in [0.15, 0.2) is 24.4 Å². The number of amides is 1. The number of hydrogen-bond acceptors (Lipinski definition) is 4. The Labute approximate surface area is 153 Å². The number of H-pyrrole nitrogens is 1. The van der Waals surface area contributed by atoms with Gasteiger partial charge in [-0.3, -0.25) is 9.89 Å². The van der Waals surface area contributed by atoms with Gasteiger partial charge in [-0.05, 0) is 30.5 Å². The van der Waals surface area contributed by atoms with E-state index in [0.29, 0.717) is 18.0 Å². The normalized spacial score (nSPS) is 18.5. The molecule has 0 atom stereocenters. The summed E-state index contributed by atoms with van der Waals surface area (Å²) in [4.78, 5) is 15.6. The fourth-order valence-corrected chi connectivity index (χ4v) is 4.44. The number of carbonyl (C=O) groups is 1. The highest BCUT2D eigenvalue weighted by molar-refractivity contribution is 5.89. The van der Waals surface area contributed by atoms with E-state index in [2.05, 4.69) is 10.2 Å². The van der Waals surface area contributed by atoms with Crippen molar-refractivity contribution in [2.45, 2.75) is 44.1 Å². The molecule has 6 heteroatoms. The lowest BCUT2D eigenvalue weighted by Crippen LogP contribution is -2.47. The second-order valence-corrected chi connectivity index (χ2v) is 7.21. The molecule has 2 aromatic rings. The number of rotatable bonds is 4. The van der Waals surface area contributed by atoms with E-state index in [9.17, 15) is 4.79 Å². The first kappa shape index (κ1) is 16.9. The summed E-state index contributed by atoms with van der Waals surface area (Å²) in [7, 11) is 3.26. The molecule has 0 spiro atoms. The molecule has 6 nitrogen and oxygen atoms in total. The molecule has 1 saturated carbocycles. The van der Waals surface area contributed by atoms with Crippen LogP contribution in [0.2, 0.25) is 0 Å². The van der Waals surface area contributed by atoms with Crippen molar-refractivity contribution >= 4 is 5.91 Å². The zero-order valence-corrected chi connectivity index (χ0v) is 15.4. The first-order chi connectivity index (χ1) is 12.7. The van der Waals surface area contributed by atoms with Crippen LogP contribution in [0.4, 0.5) is 0 Å². The van der Waals surface area contributed by atoms with Gasteiger partial charge >= 0.3 is 0 Å². The number of benzene rings is 1. The van der Waals surface area contributed by atoms with Gasteiger partial charge in [0.15, 0.2) is 11.5 Å². The van der Waals surface area contributed by atoms with Gasteiger partial charge in [0.25, 0.3) is 0 Å². The van der Waals surface area contributed by atoms with Gasteiger partial charge in [-0.1, -0.05) is 18.9 Å². The SMILES string of the molecule is COc1ccc(C2(C(=O)N3CCc4[nH]ncc4C3)CCCC2)cc1OC. The highest BCUT2D eigenvalue weighted by Crippen LogP contribution is 2.45. The molecular weight excluding hydrogens is 330 g/mol. The monoisotopic (exact) mass is 355 g/mol. The second-order valence-electron chi connectivity index (χ2n) is 7.21. The fourth-order valence-electron chi connectivity index (χ4n) is 4.44. The van der Waals surface area contributed by atoms with E-state index in [4.69, 9.17) is 9.47 Å². The number of fused-ring (bicyclic) bond motifs is 1. The Bertz CT molecular complexity index is 808. The highest BCUT2D eigenvalue weighted by atomic mass is 16.5. The molecule has 2 heterocycles. The van der Waals surface area contributed by atoms with E-state index in [0.717, 1.165) is 55.5 Å². The molecule has 1 aliphatic carbocycles. The van der Waals surface area contributed by atoms with Crippen molar-refractivity contribution in [3.8, 4) is 11.5 Å². The molecule has 2 aliphatic rings. The fraction of sp³-hybridized carbons (Fsp3) is 0.500. The lowest BCUT2D eigenvalue weighted by atomic mass is 9.77. The summed E-state index contributed by atoms with van der Waals surface area (Å²) >= 11 is 0. The predicted octanol–water partition coefficient (Wildman–Crippen LogP) is 2.82. The molecule has 1 aromatic heterocycles. The number of nitrogens with one attached hydrogen (secondary N) is 1. The number of hydrogen-bond donors (Lipinski definition) is 1. The third kappa shape index (κ3) is 2.64. The highest BCUT2D eigenvalue weighted by Gasteiger charge is 2.45. The standard InChI is InChI=1S/C20H25N3O3/c1-25-17-6-5-15(11-18(17)26-2)20(8-3-4-9-20)19(24)23-10-7-16-14(13-23)12-21-22-16/h5-6,11-12H,3-4,7-10,13H2,1-2H3,(H,21,22). The van der Waals surface area contributed by atoms with Crippen molar-refractivity contribution in [1.82, 2.24) is 15.1 Å². The third-order valence-corrected chi connectivity index (χ3v) is 5.89. The van der Waals surface area contributed by atoms with E-state index in [1.165, 1.54) is 0 Å². The van der Waals surface area contributed by atoms with Crippen LogP contribution in [0.1, 0.15) is 42.5 Å². The second kappa shape index (κ2) is 6.67. The smallest absolute Gasteiger partial charge is 0.233 e. The largest absolute Gasteiger partial charge is 0.493 e. The minimum absolute atomic E-state index is 0.231. The summed E-state index contributed by atoms with van der Waals surface area (Å²) in [6, 6.07) is 5.92. The molecule has 1 fully saturated rings. The zero-order valence-electron chi connectivity index (χ0n) is 15.4. The Morgan fingerprint density at radius 3 is 2.69 bits per heavy atom. The Balaban J connectivity index is 1.68. The average Bonchev–Trinajstić information content (AvgIpc) is 3.36. The maximum atomic E-state index is 13.6. The van der Waals surface area contributed by atoms with Crippen LogP contribution >= 0.6 is 0 Å². The summed E-state index contributed by atoms with van der Waals surface area (Å²) in [6.07, 6.45) is 6.59. The van der Waals surface area contributed by atoms with Crippen molar-refractivity contribution in [3.63, 3.8) is 0 Å². The Morgan fingerprint density at radius 2 is 1.96 bits per heavy atom. The molecule has 138 valence electrons. The van der Waals surface area contributed by atoms with Crippen molar-refractivity contribution in [2.24, 2.45) is 0 Å². The average molecular weight is 355 g/mol. The van der Waals surface area contributed by atoms with E-state index in [1.807, 2.05) is 29.3 Å². The minimum atomic E-state index is -0.458. The number of nitrogens with zero attached hydrogens (tertiary/aromatic N) is 2. The Kier molecular flexibility index (Phi) is 4.34. The lowest BCUT2D eigenvalue weighted by molar-refractivity contribution is -0.138. The molecule has 4 rings (SSSR count). The summed E-state index contributed by atoms with van der Waals surface area (Å²) < 4.78 is 10.8. The summed E-state index contributed by atoms with van der Waals surface area (Å²) in [5.41, 5.74) is 2.86. The van der Waals surface area contributed by atoms with Crippen molar-refractivity contribution in [1.29, 1.82) is 0 Å². The topological polar surface area (TPSA) is 67.5 Å². The first-order valence-corrected chi connectivity index (χ1v) is 9.21. The molecule has 0 saturated heterocycles. The van der Waals surface area contributed by atoms with Crippen LogP contribution in [-0.2, 0) is 23.2 Å². The summed E-state index contributed by atoms with van der Waals surface area (Å²) in [5.74, 6) is 1.60. The lowest BCUT2D eigenvalue weighted by Gasteiger charge is -2.36. The number of methoxy groups -OCH3 is 2. The van der Waals surface area contributed by atoms with Gasteiger partial charge in [-0.25, -0.2) is 0 Å². The minimum Gasteiger partial charge on any atom is -0.493 e. The Morgan fingerprint density at radius 1 is 1.19 bits per heavy atom. The molecule has 1 amide bonds. The first-order valence-electron chi connectivity index (χ1n) is 9.21. The molecule has 0 radical (unpaired) electrons. The van der Waals surface area contributed by atoms with Gasteiger partial charge in [0.05, 0.1) is 25.8 Å². The zero-order chi connectivity index (χ0) is 18.1. The van der Waals surface area contributed by atoms with E-state index >= 15 is 0 Å². The van der Waals surface area contributed by atoms with Crippen molar-refractivity contribution < 1.29 is 14.3 Å². The van der Waals surface area contributed by atoms with E-state index in [1.54, 1.807) is 14.2 Å². The van der Waals surface area contributed by atoms with Crippen molar-refractivity contribution in [3.05, 3.63) is 41.2 Å². The summed E-state index contributed by atoms with van der Waals surface area (Å²) in [6.45, 7) is 1.38. The molecule has 26 heavy (non-hydrogen) atoms. The molecule has 1 N–H and O–H groups in total. The van der Waals surface area contributed by atoms with Crippen molar-refractivity contribution in [2.75, 3.05) is 20.8 Å². The van der Waals surface area contributed by atoms with Crippen LogP contribution < -0.4 is 9.47 Å². The Hall–Kier alpha value is -2.50. The van der Waals surface area contributed by atoms with E-state index < -0.39 is 5.41 Å². The summed E-state index contributed by atoms with van der Waals surface area (Å²) in [5, 5.41) is 7.16. The molecule has 1 aliphatic heterocycles. The van der Waals surface area contributed by atoms with Crippen LogP contribution in [0.5, 0.6) is 11.5 Å². The number of aromatic amines is 1. The van der Waals surface area contributed by atoms with Gasteiger partial charge in [-0.2, -0.15) is 5.10 Å². The molecule has 0 unspecified atom stereocenters. The number of carbonyl (C=O) groups excluding carboxylic acids is 1. The molecule has 0 bridgehead atoms.